The van der Waals surface area contributed by atoms with Crippen LogP contribution in [0.1, 0.15) is 130 Å². The van der Waals surface area contributed by atoms with Gasteiger partial charge in [-0.1, -0.05) is 96.6 Å². The summed E-state index contributed by atoms with van der Waals surface area (Å²) in [4.78, 5) is 25.9. The van der Waals surface area contributed by atoms with Gasteiger partial charge in [-0.25, -0.2) is 0 Å². The Kier molecular flexibility index (Phi) is 23.4. The smallest absolute Gasteiger partial charge is 0.310 e. The van der Waals surface area contributed by atoms with Crippen molar-refractivity contribution in [2.45, 2.75) is 136 Å². The maximum absolute atomic E-state index is 12.0. The molecule has 0 saturated heterocycles. The van der Waals surface area contributed by atoms with Crippen LogP contribution >= 0.6 is 0 Å². The average molecular weight is 496 g/mol. The van der Waals surface area contributed by atoms with Crippen molar-refractivity contribution in [3.8, 4) is 0 Å². The van der Waals surface area contributed by atoms with Gasteiger partial charge in [-0.05, 0) is 53.1 Å². The number of unbranched alkanes of at least 4 members (excludes halogenated alkanes) is 14. The van der Waals surface area contributed by atoms with E-state index in [-0.39, 0.29) is 24.5 Å². The Labute approximate surface area is 217 Å². The fraction of sp³-hybridized carbons (Fsp3) is 0.867. The first-order valence-electron chi connectivity index (χ1n) is 14.5. The molecular weight excluding hydrogens is 438 g/mol. The van der Waals surface area contributed by atoms with Crippen LogP contribution in [0.25, 0.3) is 0 Å². The zero-order valence-electron chi connectivity index (χ0n) is 23.8. The summed E-state index contributed by atoms with van der Waals surface area (Å²) < 4.78 is 10.6. The fourth-order valence-electron chi connectivity index (χ4n) is 4.15. The Morgan fingerprint density at radius 3 is 1.74 bits per heavy atom. The van der Waals surface area contributed by atoms with Crippen LogP contribution in [0.3, 0.4) is 0 Å². The second-order valence-electron chi connectivity index (χ2n) is 10.5. The van der Waals surface area contributed by atoms with E-state index in [0.717, 1.165) is 12.8 Å². The highest BCUT2D eigenvalue weighted by atomic mass is 16.6. The van der Waals surface area contributed by atoms with Crippen LogP contribution < -0.4 is 0 Å². The van der Waals surface area contributed by atoms with E-state index >= 15 is 0 Å². The lowest BCUT2D eigenvalue weighted by Gasteiger charge is -2.18. The van der Waals surface area contributed by atoms with Gasteiger partial charge in [0.15, 0.2) is 0 Å². The van der Waals surface area contributed by atoms with Crippen molar-refractivity contribution in [2.24, 2.45) is 5.92 Å². The molecule has 0 aliphatic rings. The first-order chi connectivity index (χ1) is 16.9. The van der Waals surface area contributed by atoms with Crippen molar-refractivity contribution in [2.75, 3.05) is 27.2 Å². The summed E-state index contributed by atoms with van der Waals surface area (Å²) in [6.07, 6.45) is 25.2. The van der Waals surface area contributed by atoms with Gasteiger partial charge < -0.3 is 14.4 Å². The molecule has 0 rings (SSSR count). The van der Waals surface area contributed by atoms with Gasteiger partial charge in [0.05, 0.1) is 5.92 Å². The standard InChI is InChI=1S/C30H57NO4/c1-6-7-8-9-10-11-12-13-14-15-16-17-18-19-20-21-22-23-24-29(32)35-28(3)26-34-30(33)27(2)25-31(4)5/h14-15,27-28H,6-13,16-26H2,1-5H3/b15-14+. The second-order valence-corrected chi connectivity index (χ2v) is 10.5. The quantitative estimate of drug-likeness (QED) is 0.0774. The van der Waals surface area contributed by atoms with Gasteiger partial charge in [-0.2, -0.15) is 0 Å². The zero-order chi connectivity index (χ0) is 26.2. The van der Waals surface area contributed by atoms with Crippen LogP contribution in [0.4, 0.5) is 0 Å². The monoisotopic (exact) mass is 495 g/mol. The van der Waals surface area contributed by atoms with Crippen LogP contribution in [0.15, 0.2) is 12.2 Å². The van der Waals surface area contributed by atoms with E-state index in [1.54, 1.807) is 6.92 Å². The lowest BCUT2D eigenvalue weighted by Crippen LogP contribution is -2.29. The normalized spacial score (nSPS) is 13.3. The van der Waals surface area contributed by atoms with Crippen molar-refractivity contribution in [1.29, 1.82) is 0 Å². The number of nitrogens with zero attached hydrogens (tertiary/aromatic N) is 1. The SMILES string of the molecule is CCCCCCCCC/C=C/CCCCCCCCCC(=O)OC(C)COC(=O)C(C)CN(C)C. The molecule has 0 saturated carbocycles. The minimum atomic E-state index is -0.400. The number of hydrogen-bond acceptors (Lipinski definition) is 5. The number of esters is 2. The molecule has 5 heteroatoms. The molecule has 5 nitrogen and oxygen atoms in total. The molecule has 0 aliphatic carbocycles. The summed E-state index contributed by atoms with van der Waals surface area (Å²) in [5.41, 5.74) is 0. The van der Waals surface area contributed by atoms with Gasteiger partial charge in [0.25, 0.3) is 0 Å². The van der Waals surface area contributed by atoms with Gasteiger partial charge in [-0.3, -0.25) is 9.59 Å². The number of allylic oxidation sites excluding steroid dienone is 2. The van der Waals surface area contributed by atoms with Gasteiger partial charge in [0.2, 0.25) is 0 Å². The Hall–Kier alpha value is -1.36. The predicted molar refractivity (Wildman–Crippen MR) is 148 cm³/mol. The summed E-state index contributed by atoms with van der Waals surface area (Å²) >= 11 is 0. The maximum atomic E-state index is 12.0. The molecule has 0 fully saturated rings. The van der Waals surface area contributed by atoms with Gasteiger partial charge in [0.1, 0.15) is 12.7 Å². The van der Waals surface area contributed by atoms with E-state index in [1.807, 2.05) is 25.9 Å². The molecule has 0 amide bonds. The third-order valence-electron chi connectivity index (χ3n) is 6.23. The summed E-state index contributed by atoms with van der Waals surface area (Å²) in [7, 11) is 3.84. The Bertz CT molecular complexity index is 532. The highest BCUT2D eigenvalue weighted by molar-refractivity contribution is 5.72. The molecule has 206 valence electrons. The molecule has 2 unspecified atom stereocenters. The van der Waals surface area contributed by atoms with Gasteiger partial charge >= 0.3 is 11.9 Å². The van der Waals surface area contributed by atoms with Crippen LogP contribution in [-0.2, 0) is 19.1 Å². The minimum Gasteiger partial charge on any atom is -0.462 e. The number of ether oxygens (including phenoxy) is 2. The number of carbonyl (C=O) groups is 2. The maximum Gasteiger partial charge on any atom is 0.310 e. The van der Waals surface area contributed by atoms with Crippen LogP contribution in [0, 0.1) is 5.92 Å². The Morgan fingerprint density at radius 1 is 0.743 bits per heavy atom. The van der Waals surface area contributed by atoms with E-state index in [2.05, 4.69) is 19.1 Å². The first-order valence-corrected chi connectivity index (χ1v) is 14.5. The van der Waals surface area contributed by atoms with Crippen molar-refractivity contribution < 1.29 is 19.1 Å². The molecule has 0 aliphatic heterocycles. The van der Waals surface area contributed by atoms with E-state index in [4.69, 9.17) is 9.47 Å². The van der Waals surface area contributed by atoms with E-state index in [0.29, 0.717) is 13.0 Å². The van der Waals surface area contributed by atoms with E-state index in [1.165, 1.54) is 89.9 Å². The summed E-state index contributed by atoms with van der Waals surface area (Å²) in [6.45, 7) is 6.65. The van der Waals surface area contributed by atoms with Crippen molar-refractivity contribution in [1.82, 2.24) is 4.90 Å². The zero-order valence-corrected chi connectivity index (χ0v) is 23.8. The largest absolute Gasteiger partial charge is 0.462 e. The first kappa shape index (κ1) is 33.6. The highest BCUT2D eigenvalue weighted by Gasteiger charge is 2.17. The molecule has 0 N–H and O–H groups in total. The third kappa shape index (κ3) is 24.1. The van der Waals surface area contributed by atoms with Crippen molar-refractivity contribution in [3.63, 3.8) is 0 Å². The molecule has 0 radical (unpaired) electrons. The fourth-order valence-corrected chi connectivity index (χ4v) is 4.15. The van der Waals surface area contributed by atoms with Gasteiger partial charge in [-0.15, -0.1) is 0 Å². The van der Waals surface area contributed by atoms with E-state index in [9.17, 15) is 9.59 Å². The number of hydrogen-bond donors (Lipinski definition) is 0. The molecule has 0 spiro atoms. The minimum absolute atomic E-state index is 0.122. The molecule has 0 aromatic rings. The second kappa shape index (κ2) is 24.3. The summed E-state index contributed by atoms with van der Waals surface area (Å²) in [5.74, 6) is -0.636. The van der Waals surface area contributed by atoms with Crippen molar-refractivity contribution >= 4 is 11.9 Å². The van der Waals surface area contributed by atoms with Crippen LogP contribution in [0.5, 0.6) is 0 Å². The summed E-state index contributed by atoms with van der Waals surface area (Å²) in [5, 5.41) is 0. The Morgan fingerprint density at radius 2 is 1.23 bits per heavy atom. The summed E-state index contributed by atoms with van der Waals surface area (Å²) in [6, 6.07) is 0. The molecule has 0 aromatic heterocycles. The third-order valence-corrected chi connectivity index (χ3v) is 6.23. The van der Waals surface area contributed by atoms with Crippen molar-refractivity contribution in [3.05, 3.63) is 12.2 Å². The van der Waals surface area contributed by atoms with E-state index < -0.39 is 6.10 Å². The highest BCUT2D eigenvalue weighted by Crippen LogP contribution is 2.12. The molecule has 0 heterocycles. The lowest BCUT2D eigenvalue weighted by atomic mass is 10.1. The lowest BCUT2D eigenvalue weighted by molar-refractivity contribution is -0.160. The predicted octanol–water partition coefficient (Wildman–Crippen LogP) is 7.87. The molecule has 2 atom stereocenters. The van der Waals surface area contributed by atoms with Crippen LogP contribution in [0.2, 0.25) is 0 Å². The van der Waals surface area contributed by atoms with Gasteiger partial charge in [0, 0.05) is 13.0 Å². The molecular formula is C30H57NO4. The molecule has 0 aromatic carbocycles. The molecule has 35 heavy (non-hydrogen) atoms. The average Bonchev–Trinajstić information content (AvgIpc) is 2.81. The topological polar surface area (TPSA) is 55.8 Å². The number of carbonyl (C=O) groups excluding carboxylic acids is 2. The van der Waals surface area contributed by atoms with Crippen LogP contribution in [-0.4, -0.2) is 50.2 Å². The molecule has 0 bridgehead atoms. The number of rotatable bonds is 24. The Balaban J connectivity index is 3.47.